The second-order valence-corrected chi connectivity index (χ2v) is 17.3. The molecule has 0 spiro atoms. The van der Waals surface area contributed by atoms with Crippen molar-refractivity contribution in [3.8, 4) is 5.88 Å². The van der Waals surface area contributed by atoms with Crippen molar-refractivity contribution in [1.29, 1.82) is 0 Å². The Morgan fingerprint density at radius 1 is 1.06 bits per heavy atom. The minimum atomic E-state index is -4.15. The molecule has 1 N–H and O–H groups in total. The smallest absolute Gasteiger partial charge is 0.362 e. The number of benzene rings is 1. The van der Waals surface area contributed by atoms with Gasteiger partial charge in [-0.1, -0.05) is 37.1 Å². The summed E-state index contributed by atoms with van der Waals surface area (Å²) in [5.74, 6) is -4.29. The molecule has 3 heterocycles. The topological polar surface area (TPSA) is 191 Å². The van der Waals surface area contributed by atoms with E-state index in [9.17, 15) is 32.4 Å². The number of ether oxygens (including phenoxy) is 3. The van der Waals surface area contributed by atoms with Crippen LogP contribution in [0, 0.1) is 17.3 Å². The van der Waals surface area contributed by atoms with Crippen LogP contribution in [0.15, 0.2) is 36.4 Å². The van der Waals surface area contributed by atoms with Gasteiger partial charge in [0, 0.05) is 32.9 Å². The molecule has 1 aromatic carbocycles. The minimum Gasteiger partial charge on any atom is -0.471 e. The molecule has 3 aliphatic rings. The van der Waals surface area contributed by atoms with Crippen LogP contribution in [-0.4, -0.2) is 102 Å². The molecule has 2 aliphatic heterocycles. The van der Waals surface area contributed by atoms with Gasteiger partial charge in [-0.05, 0) is 71.4 Å². The zero-order valence-corrected chi connectivity index (χ0v) is 32.6. The lowest BCUT2D eigenvalue weighted by Gasteiger charge is -2.29. The van der Waals surface area contributed by atoms with E-state index in [1.165, 1.54) is 19.0 Å². The zero-order valence-electron chi connectivity index (χ0n) is 31.8. The molecule has 0 unspecified atom stereocenters. The van der Waals surface area contributed by atoms with Crippen molar-refractivity contribution >= 4 is 50.8 Å². The summed E-state index contributed by atoms with van der Waals surface area (Å²) in [6, 6.07) is 5.82. The van der Waals surface area contributed by atoms with E-state index in [4.69, 9.17) is 14.2 Å². The minimum absolute atomic E-state index is 0.0191. The Balaban J connectivity index is 1.51. The van der Waals surface area contributed by atoms with Gasteiger partial charge in [-0.15, -0.1) is 0 Å². The molecule has 1 aromatic heterocycles. The van der Waals surface area contributed by atoms with Gasteiger partial charge in [0.05, 0.1) is 42.1 Å². The Labute approximate surface area is 316 Å². The predicted octanol–water partition coefficient (Wildman–Crippen LogP) is 3.91. The van der Waals surface area contributed by atoms with Crippen LogP contribution in [0.3, 0.4) is 0 Å². The number of nitrogens with one attached hydrogen (secondary N) is 1. The summed E-state index contributed by atoms with van der Waals surface area (Å²) in [4.78, 5) is 79.2. The fourth-order valence-electron chi connectivity index (χ4n) is 7.08. The lowest BCUT2D eigenvalue weighted by molar-refractivity contribution is -0.159. The summed E-state index contributed by atoms with van der Waals surface area (Å²) in [7, 11) is -1.57. The van der Waals surface area contributed by atoms with Gasteiger partial charge in [-0.3, -0.25) is 19.2 Å². The normalized spacial score (nSPS) is 25.9. The standard InChI is InChI=1S/C38H51N5O10S/c1-7-51-35(47)32-33(40-28-18-14-13-17-27(28)39-32)52-26-20-29-30(44)22-38(36(48)41-54(49,50)42(5)6)21-25(38)16-12-10-8-9-11-15-24(34(46)43(29)23-26)19-31(45)53-37(2,3)4/h12-14,16-18,24-26,29H,7-11,15,19-23H2,1-6H3,(H,41,48)/b16-12-/t24-,25+,26-,29+,38-/m1/s1. The molecular formula is C38H51N5O10S. The van der Waals surface area contributed by atoms with E-state index in [0.717, 1.165) is 17.1 Å². The third-order valence-corrected chi connectivity index (χ3v) is 11.4. The summed E-state index contributed by atoms with van der Waals surface area (Å²) < 4.78 is 45.6. The highest BCUT2D eigenvalue weighted by Crippen LogP contribution is 2.57. The molecule has 0 radical (unpaired) electrons. The summed E-state index contributed by atoms with van der Waals surface area (Å²) in [5.41, 5.74) is -1.39. The quantitative estimate of drug-likeness (QED) is 0.286. The van der Waals surface area contributed by atoms with Crippen molar-refractivity contribution in [3.63, 3.8) is 0 Å². The lowest BCUT2D eigenvalue weighted by Crippen LogP contribution is -2.47. The van der Waals surface area contributed by atoms with E-state index < -0.39 is 68.8 Å². The summed E-state index contributed by atoms with van der Waals surface area (Å²) in [6.07, 6.45) is 5.96. The van der Waals surface area contributed by atoms with Crippen molar-refractivity contribution < 1.29 is 46.6 Å². The van der Waals surface area contributed by atoms with Gasteiger partial charge >= 0.3 is 22.1 Å². The number of Topliss-reactive ketones (excluding diaryl/α,β-unsaturated/α-hetero) is 1. The fraction of sp³-hybridized carbons (Fsp3) is 0.605. The van der Waals surface area contributed by atoms with E-state index in [1.54, 1.807) is 52.0 Å². The number of fused-ring (bicyclic) bond motifs is 3. The van der Waals surface area contributed by atoms with Gasteiger partial charge in [-0.25, -0.2) is 19.5 Å². The van der Waals surface area contributed by atoms with Gasteiger partial charge in [-0.2, -0.15) is 12.7 Å². The number of hydrogen-bond donors (Lipinski definition) is 1. The first kappa shape index (κ1) is 40.7. The second kappa shape index (κ2) is 16.5. The molecule has 2 amide bonds. The van der Waals surface area contributed by atoms with Crippen LogP contribution in [0.25, 0.3) is 11.0 Å². The Kier molecular flexibility index (Phi) is 12.5. The van der Waals surface area contributed by atoms with E-state index >= 15 is 0 Å². The maximum atomic E-state index is 14.5. The number of nitrogens with zero attached hydrogens (tertiary/aromatic N) is 4. The van der Waals surface area contributed by atoms with Crippen LogP contribution in [-0.2, 0) is 38.9 Å². The number of hydrogen-bond acceptors (Lipinski definition) is 12. The van der Waals surface area contributed by atoms with Crippen LogP contribution in [0.2, 0.25) is 0 Å². The molecule has 2 fully saturated rings. The van der Waals surface area contributed by atoms with Crippen LogP contribution >= 0.6 is 0 Å². The van der Waals surface area contributed by atoms with E-state index in [2.05, 4.69) is 14.7 Å². The molecule has 1 aliphatic carbocycles. The molecule has 1 saturated heterocycles. The number of allylic oxidation sites excluding steroid dienone is 2. The number of aromatic nitrogens is 2. The molecule has 16 heteroatoms. The number of carbonyl (C=O) groups is 5. The Bertz CT molecular complexity index is 1910. The third kappa shape index (κ3) is 9.61. The molecule has 0 bridgehead atoms. The first-order valence-electron chi connectivity index (χ1n) is 18.5. The first-order chi connectivity index (χ1) is 25.4. The maximum Gasteiger partial charge on any atom is 0.362 e. The molecule has 5 rings (SSSR count). The van der Waals surface area contributed by atoms with Crippen molar-refractivity contribution in [2.24, 2.45) is 17.3 Å². The number of rotatable bonds is 9. The van der Waals surface area contributed by atoms with E-state index in [1.807, 2.05) is 12.2 Å². The van der Waals surface area contributed by atoms with Gasteiger partial charge < -0.3 is 19.1 Å². The molecule has 54 heavy (non-hydrogen) atoms. The highest BCUT2D eigenvalue weighted by Gasteiger charge is 2.61. The number of para-hydroxylation sites is 2. The van der Waals surface area contributed by atoms with Crippen LogP contribution in [0.4, 0.5) is 0 Å². The summed E-state index contributed by atoms with van der Waals surface area (Å²) >= 11 is 0. The van der Waals surface area contributed by atoms with Gasteiger partial charge in [0.2, 0.25) is 23.4 Å². The molecule has 15 nitrogen and oxygen atoms in total. The van der Waals surface area contributed by atoms with Crippen LogP contribution < -0.4 is 9.46 Å². The molecular weight excluding hydrogens is 719 g/mol. The highest BCUT2D eigenvalue weighted by molar-refractivity contribution is 7.87. The lowest BCUT2D eigenvalue weighted by atomic mass is 9.90. The monoisotopic (exact) mass is 769 g/mol. The van der Waals surface area contributed by atoms with Gasteiger partial charge in [0.1, 0.15) is 11.7 Å². The van der Waals surface area contributed by atoms with Gasteiger partial charge in [0.25, 0.3) is 0 Å². The highest BCUT2D eigenvalue weighted by atomic mass is 32.2. The third-order valence-electron chi connectivity index (χ3n) is 9.96. The van der Waals surface area contributed by atoms with Crippen molar-refractivity contribution in [2.45, 2.75) is 103 Å². The maximum absolute atomic E-state index is 14.5. The van der Waals surface area contributed by atoms with Crippen LogP contribution in [0.5, 0.6) is 5.88 Å². The first-order valence-corrected chi connectivity index (χ1v) is 19.9. The van der Waals surface area contributed by atoms with Crippen LogP contribution in [0.1, 0.15) is 96.0 Å². The van der Waals surface area contributed by atoms with E-state index in [-0.39, 0.29) is 56.3 Å². The number of carbonyl (C=O) groups excluding carboxylic acids is 5. The average Bonchev–Trinajstić information content (AvgIpc) is 3.62. The number of amides is 2. The van der Waals surface area contributed by atoms with Crippen molar-refractivity contribution in [3.05, 3.63) is 42.1 Å². The molecule has 1 saturated carbocycles. The molecule has 294 valence electrons. The fourth-order valence-corrected chi connectivity index (χ4v) is 7.70. The SMILES string of the molecule is CCOC(=O)c1nc2ccccc2nc1O[C@@H]1C[C@H]2C(=O)C[C@]3(C(=O)NS(=O)(=O)N(C)C)C[C@@H]3/C=C\CCCCC[C@H](CC(=O)OC(C)(C)C)C(=O)N2C1. The zero-order chi connectivity index (χ0) is 39.4. The van der Waals surface area contributed by atoms with Crippen molar-refractivity contribution in [1.82, 2.24) is 23.9 Å². The number of esters is 2. The predicted molar refractivity (Wildman–Crippen MR) is 197 cm³/mol. The average molecular weight is 770 g/mol. The molecule has 5 atom stereocenters. The largest absolute Gasteiger partial charge is 0.471 e. The molecule has 2 aromatic rings. The Morgan fingerprint density at radius 3 is 2.43 bits per heavy atom. The number of ketones is 1. The van der Waals surface area contributed by atoms with E-state index in [0.29, 0.717) is 30.3 Å². The summed E-state index contributed by atoms with van der Waals surface area (Å²) in [6.45, 7) is 6.88. The Morgan fingerprint density at radius 2 is 1.76 bits per heavy atom. The van der Waals surface area contributed by atoms with Crippen molar-refractivity contribution in [2.75, 3.05) is 27.2 Å². The Hall–Kier alpha value is -4.44. The van der Waals surface area contributed by atoms with Gasteiger partial charge in [0.15, 0.2) is 5.78 Å². The summed E-state index contributed by atoms with van der Waals surface area (Å²) in [5, 5.41) is 0. The second-order valence-electron chi connectivity index (χ2n) is 15.5.